The van der Waals surface area contributed by atoms with E-state index in [1.165, 1.54) is 0 Å². The summed E-state index contributed by atoms with van der Waals surface area (Å²) in [6, 6.07) is 1.86. The summed E-state index contributed by atoms with van der Waals surface area (Å²) in [5.41, 5.74) is -0.0617. The van der Waals surface area contributed by atoms with Crippen molar-refractivity contribution in [2.75, 3.05) is 19.8 Å². The second-order valence-electron chi connectivity index (χ2n) is 4.25. The number of carbonyl (C=O) groups excluding carboxylic acids is 1. The average molecular weight is 258 g/mol. The smallest absolute Gasteiger partial charge is 0.190 e. The maximum absolute atomic E-state index is 13.4. The standard InChI is InChI=1S/C13H16F2O3/c1-9(2)8-17-3-4-18-13-11(14)5-10(7-16)6-12(13)15/h5-7,9H,3-4,8H2,1-2H3. The molecule has 0 unspecified atom stereocenters. The molecular weight excluding hydrogens is 242 g/mol. The summed E-state index contributed by atoms with van der Waals surface area (Å²) < 4.78 is 36.9. The Morgan fingerprint density at radius 2 is 1.83 bits per heavy atom. The molecule has 0 aliphatic rings. The van der Waals surface area contributed by atoms with Gasteiger partial charge in [0.25, 0.3) is 0 Å². The van der Waals surface area contributed by atoms with Gasteiger partial charge in [0.15, 0.2) is 17.4 Å². The highest BCUT2D eigenvalue weighted by molar-refractivity contribution is 5.75. The van der Waals surface area contributed by atoms with E-state index in [9.17, 15) is 13.6 Å². The predicted molar refractivity (Wildman–Crippen MR) is 62.9 cm³/mol. The van der Waals surface area contributed by atoms with Crippen LogP contribution in [0.2, 0.25) is 0 Å². The van der Waals surface area contributed by atoms with Gasteiger partial charge in [0.1, 0.15) is 12.9 Å². The molecule has 0 spiro atoms. The summed E-state index contributed by atoms with van der Waals surface area (Å²) in [4.78, 5) is 10.4. The number of ether oxygens (including phenoxy) is 2. The van der Waals surface area contributed by atoms with E-state index >= 15 is 0 Å². The largest absolute Gasteiger partial charge is 0.485 e. The summed E-state index contributed by atoms with van der Waals surface area (Å²) >= 11 is 0. The molecule has 0 aliphatic heterocycles. The third-order valence-corrected chi connectivity index (χ3v) is 2.08. The molecule has 0 radical (unpaired) electrons. The molecule has 0 saturated heterocycles. The van der Waals surface area contributed by atoms with Gasteiger partial charge < -0.3 is 9.47 Å². The maximum Gasteiger partial charge on any atom is 0.190 e. The van der Waals surface area contributed by atoms with E-state index in [4.69, 9.17) is 9.47 Å². The zero-order valence-corrected chi connectivity index (χ0v) is 10.4. The molecule has 0 N–H and O–H groups in total. The number of carbonyl (C=O) groups is 1. The summed E-state index contributed by atoms with van der Waals surface area (Å²) in [5, 5.41) is 0. The molecule has 0 bridgehead atoms. The zero-order chi connectivity index (χ0) is 13.5. The minimum atomic E-state index is -0.888. The van der Waals surface area contributed by atoms with Crippen LogP contribution in [0.3, 0.4) is 0 Å². The topological polar surface area (TPSA) is 35.5 Å². The first-order valence-electron chi connectivity index (χ1n) is 5.69. The molecule has 0 fully saturated rings. The van der Waals surface area contributed by atoms with Gasteiger partial charge in [-0.2, -0.15) is 0 Å². The summed E-state index contributed by atoms with van der Waals surface area (Å²) in [5.74, 6) is -1.86. The molecule has 1 aromatic carbocycles. The van der Waals surface area contributed by atoms with Crippen LogP contribution in [-0.2, 0) is 4.74 Å². The lowest BCUT2D eigenvalue weighted by molar-refractivity contribution is 0.0795. The van der Waals surface area contributed by atoms with E-state index in [2.05, 4.69) is 0 Å². The van der Waals surface area contributed by atoms with Gasteiger partial charge in [-0.25, -0.2) is 8.78 Å². The van der Waals surface area contributed by atoms with Crippen molar-refractivity contribution in [2.24, 2.45) is 5.92 Å². The number of hydrogen-bond donors (Lipinski definition) is 0. The zero-order valence-electron chi connectivity index (χ0n) is 10.4. The van der Waals surface area contributed by atoms with Crippen LogP contribution in [0, 0.1) is 17.6 Å². The highest BCUT2D eigenvalue weighted by Crippen LogP contribution is 2.22. The summed E-state index contributed by atoms with van der Waals surface area (Å²) in [6.07, 6.45) is 0.377. The Morgan fingerprint density at radius 1 is 1.22 bits per heavy atom. The minimum Gasteiger partial charge on any atom is -0.485 e. The lowest BCUT2D eigenvalue weighted by atomic mass is 10.2. The van der Waals surface area contributed by atoms with Gasteiger partial charge in [-0.1, -0.05) is 13.8 Å². The molecule has 0 amide bonds. The molecule has 3 nitrogen and oxygen atoms in total. The fourth-order valence-corrected chi connectivity index (χ4v) is 1.31. The van der Waals surface area contributed by atoms with Crippen LogP contribution in [0.4, 0.5) is 8.78 Å². The molecule has 5 heteroatoms. The Morgan fingerprint density at radius 3 is 2.33 bits per heavy atom. The maximum atomic E-state index is 13.4. The molecule has 1 rings (SSSR count). The predicted octanol–water partition coefficient (Wildman–Crippen LogP) is 2.83. The van der Waals surface area contributed by atoms with E-state index in [0.29, 0.717) is 18.8 Å². The normalized spacial score (nSPS) is 10.7. The van der Waals surface area contributed by atoms with Crippen LogP contribution in [0.15, 0.2) is 12.1 Å². The van der Waals surface area contributed by atoms with Crippen LogP contribution >= 0.6 is 0 Å². The van der Waals surface area contributed by atoms with Crippen molar-refractivity contribution in [1.29, 1.82) is 0 Å². The van der Waals surface area contributed by atoms with E-state index in [1.807, 2.05) is 13.8 Å². The number of aldehydes is 1. The quantitative estimate of drug-likeness (QED) is 0.557. The fourth-order valence-electron chi connectivity index (χ4n) is 1.31. The second-order valence-corrected chi connectivity index (χ2v) is 4.25. The first-order chi connectivity index (χ1) is 8.54. The molecule has 0 saturated carbocycles. The third-order valence-electron chi connectivity index (χ3n) is 2.08. The van der Waals surface area contributed by atoms with Gasteiger partial charge in [-0.15, -0.1) is 0 Å². The lowest BCUT2D eigenvalue weighted by Crippen LogP contribution is -2.11. The van der Waals surface area contributed by atoms with E-state index < -0.39 is 17.4 Å². The van der Waals surface area contributed by atoms with Crippen LogP contribution in [-0.4, -0.2) is 26.1 Å². The van der Waals surface area contributed by atoms with E-state index in [0.717, 1.165) is 12.1 Å². The Bertz CT molecular complexity index is 382. The van der Waals surface area contributed by atoms with Crippen LogP contribution in [0.1, 0.15) is 24.2 Å². The summed E-state index contributed by atoms with van der Waals surface area (Å²) in [7, 11) is 0. The van der Waals surface area contributed by atoms with Crippen molar-refractivity contribution in [1.82, 2.24) is 0 Å². The van der Waals surface area contributed by atoms with Gasteiger partial charge >= 0.3 is 0 Å². The minimum absolute atomic E-state index is 0.0565. The second kappa shape index (κ2) is 7.06. The van der Waals surface area contributed by atoms with Gasteiger partial charge in [0.2, 0.25) is 0 Å². The Hall–Kier alpha value is -1.49. The molecule has 0 aliphatic carbocycles. The van der Waals surface area contributed by atoms with Crippen LogP contribution < -0.4 is 4.74 Å². The van der Waals surface area contributed by atoms with Crippen LogP contribution in [0.25, 0.3) is 0 Å². The van der Waals surface area contributed by atoms with Crippen molar-refractivity contribution in [3.05, 3.63) is 29.3 Å². The molecular formula is C13H16F2O3. The lowest BCUT2D eigenvalue weighted by Gasteiger charge is -2.10. The Balaban J connectivity index is 2.49. The number of benzene rings is 1. The SMILES string of the molecule is CC(C)COCCOc1c(F)cc(C=O)cc1F. The molecule has 100 valence electrons. The molecule has 18 heavy (non-hydrogen) atoms. The average Bonchev–Trinajstić information content (AvgIpc) is 2.31. The van der Waals surface area contributed by atoms with Crippen molar-refractivity contribution in [3.63, 3.8) is 0 Å². The highest BCUT2D eigenvalue weighted by atomic mass is 19.1. The first kappa shape index (κ1) is 14.6. The van der Waals surface area contributed by atoms with Crippen molar-refractivity contribution >= 4 is 6.29 Å². The van der Waals surface area contributed by atoms with E-state index in [1.54, 1.807) is 0 Å². The summed E-state index contributed by atoms with van der Waals surface area (Å²) in [6.45, 7) is 4.88. The van der Waals surface area contributed by atoms with E-state index in [-0.39, 0.29) is 18.8 Å². The number of halogens is 2. The van der Waals surface area contributed by atoms with Crippen LogP contribution in [0.5, 0.6) is 5.75 Å². The Kier molecular flexibility index (Phi) is 5.71. The number of rotatable bonds is 7. The van der Waals surface area contributed by atoms with Gasteiger partial charge in [0, 0.05) is 12.2 Å². The van der Waals surface area contributed by atoms with Gasteiger partial charge in [-0.05, 0) is 18.1 Å². The monoisotopic (exact) mass is 258 g/mol. The highest BCUT2D eigenvalue weighted by Gasteiger charge is 2.12. The molecule has 1 aromatic rings. The van der Waals surface area contributed by atoms with Crippen molar-refractivity contribution in [3.8, 4) is 5.75 Å². The first-order valence-corrected chi connectivity index (χ1v) is 5.69. The molecule has 0 aromatic heterocycles. The third kappa shape index (κ3) is 4.41. The van der Waals surface area contributed by atoms with Crippen molar-refractivity contribution < 1.29 is 23.0 Å². The molecule has 0 atom stereocenters. The van der Waals surface area contributed by atoms with Crippen molar-refractivity contribution in [2.45, 2.75) is 13.8 Å². The van der Waals surface area contributed by atoms with Gasteiger partial charge in [0.05, 0.1) is 6.61 Å². The molecule has 0 heterocycles. The Labute approximate surface area is 105 Å². The fraction of sp³-hybridized carbons (Fsp3) is 0.462. The van der Waals surface area contributed by atoms with Gasteiger partial charge in [-0.3, -0.25) is 4.79 Å². The number of hydrogen-bond acceptors (Lipinski definition) is 3.